The molecule has 0 saturated carbocycles. The van der Waals surface area contributed by atoms with Crippen molar-refractivity contribution in [3.63, 3.8) is 0 Å². The molecule has 0 aliphatic rings. The molecule has 0 spiro atoms. The Morgan fingerprint density at radius 3 is 2.57 bits per heavy atom. The van der Waals surface area contributed by atoms with E-state index in [1.54, 1.807) is 6.92 Å². The van der Waals surface area contributed by atoms with Crippen molar-refractivity contribution in [2.45, 2.75) is 45.3 Å². The Hall–Kier alpha value is -0.610. The molecule has 2 unspecified atom stereocenters. The van der Waals surface area contributed by atoms with Gasteiger partial charge in [-0.05, 0) is 20.3 Å². The average Bonchev–Trinajstić information content (AvgIpc) is 2.12. The second-order valence-corrected chi connectivity index (χ2v) is 3.79. The minimum Gasteiger partial charge on any atom is -0.468 e. The lowest BCUT2D eigenvalue weighted by atomic mass is 9.96. The van der Waals surface area contributed by atoms with Crippen molar-refractivity contribution < 1.29 is 14.3 Å². The van der Waals surface area contributed by atoms with E-state index in [1.165, 1.54) is 7.11 Å². The van der Waals surface area contributed by atoms with Crippen LogP contribution in [-0.4, -0.2) is 31.3 Å². The van der Waals surface area contributed by atoms with Gasteiger partial charge in [0, 0.05) is 13.0 Å². The summed E-state index contributed by atoms with van der Waals surface area (Å²) in [5.41, 5.74) is 4.83. The molecule has 4 nitrogen and oxygen atoms in total. The Balaban J connectivity index is 4.01. The van der Waals surface area contributed by atoms with Gasteiger partial charge in [0.15, 0.2) is 0 Å². The molecule has 0 aliphatic heterocycles. The summed E-state index contributed by atoms with van der Waals surface area (Å²) in [7, 11) is 1.34. The number of carbonyl (C=O) groups is 1. The van der Waals surface area contributed by atoms with Crippen LogP contribution in [0.1, 0.15) is 33.6 Å². The lowest BCUT2D eigenvalue weighted by Gasteiger charge is -2.25. The first-order chi connectivity index (χ1) is 6.44. The average molecular weight is 203 g/mol. The molecule has 2 atom stereocenters. The highest BCUT2D eigenvalue weighted by molar-refractivity contribution is 5.79. The molecule has 0 rings (SSSR count). The number of methoxy groups -OCH3 is 1. The molecule has 0 bridgehead atoms. The van der Waals surface area contributed by atoms with Crippen molar-refractivity contribution in [3.05, 3.63) is 0 Å². The molecule has 0 amide bonds. The summed E-state index contributed by atoms with van der Waals surface area (Å²) in [4.78, 5) is 11.2. The molecular formula is C10H21NO3. The van der Waals surface area contributed by atoms with Gasteiger partial charge in [0.05, 0.1) is 13.2 Å². The first-order valence-corrected chi connectivity index (χ1v) is 4.93. The van der Waals surface area contributed by atoms with Gasteiger partial charge < -0.3 is 15.2 Å². The number of hydrogen-bond acceptors (Lipinski definition) is 4. The molecule has 0 fully saturated rings. The Kier molecular flexibility index (Phi) is 5.72. The molecule has 0 aromatic rings. The Bertz CT molecular complexity index is 180. The van der Waals surface area contributed by atoms with Crippen LogP contribution in [0.4, 0.5) is 0 Å². The summed E-state index contributed by atoms with van der Waals surface area (Å²) in [5, 5.41) is 0. The SMILES string of the molecule is CCCOC(C)CC(C)(N)C(=O)OC. The Labute approximate surface area is 85.8 Å². The van der Waals surface area contributed by atoms with Crippen LogP contribution in [0.15, 0.2) is 0 Å². The van der Waals surface area contributed by atoms with Gasteiger partial charge in [-0.25, -0.2) is 0 Å². The van der Waals surface area contributed by atoms with Crippen molar-refractivity contribution in [2.24, 2.45) is 5.73 Å². The highest BCUT2D eigenvalue weighted by Gasteiger charge is 2.31. The van der Waals surface area contributed by atoms with Gasteiger partial charge in [0.1, 0.15) is 5.54 Å². The third kappa shape index (κ3) is 4.58. The van der Waals surface area contributed by atoms with E-state index in [0.29, 0.717) is 13.0 Å². The topological polar surface area (TPSA) is 61.5 Å². The first-order valence-electron chi connectivity index (χ1n) is 4.93. The van der Waals surface area contributed by atoms with Crippen molar-refractivity contribution in [3.8, 4) is 0 Å². The molecule has 0 aromatic carbocycles. The van der Waals surface area contributed by atoms with Gasteiger partial charge in [-0.15, -0.1) is 0 Å². The lowest BCUT2D eigenvalue weighted by molar-refractivity contribution is -0.147. The molecule has 4 heteroatoms. The van der Waals surface area contributed by atoms with Gasteiger partial charge >= 0.3 is 5.97 Å². The van der Waals surface area contributed by atoms with Crippen LogP contribution < -0.4 is 5.73 Å². The number of nitrogens with two attached hydrogens (primary N) is 1. The van der Waals surface area contributed by atoms with E-state index >= 15 is 0 Å². The van der Waals surface area contributed by atoms with Gasteiger partial charge in [-0.1, -0.05) is 6.92 Å². The number of ether oxygens (including phenoxy) is 2. The zero-order valence-corrected chi connectivity index (χ0v) is 9.50. The van der Waals surface area contributed by atoms with Crippen LogP contribution >= 0.6 is 0 Å². The fourth-order valence-corrected chi connectivity index (χ4v) is 1.29. The molecule has 0 saturated heterocycles. The molecule has 2 N–H and O–H groups in total. The van der Waals surface area contributed by atoms with Crippen molar-refractivity contribution >= 4 is 5.97 Å². The summed E-state index contributed by atoms with van der Waals surface area (Å²) in [6.07, 6.45) is 1.41. The van der Waals surface area contributed by atoms with Crippen LogP contribution in [0, 0.1) is 0 Å². The minimum atomic E-state index is -0.956. The molecule has 14 heavy (non-hydrogen) atoms. The maximum absolute atomic E-state index is 11.2. The van der Waals surface area contributed by atoms with Crippen molar-refractivity contribution in [1.29, 1.82) is 0 Å². The van der Waals surface area contributed by atoms with Crippen LogP contribution in [0.2, 0.25) is 0 Å². The first kappa shape index (κ1) is 13.4. The fraction of sp³-hybridized carbons (Fsp3) is 0.900. The zero-order chi connectivity index (χ0) is 11.2. The molecule has 0 aromatic heterocycles. The van der Waals surface area contributed by atoms with Gasteiger partial charge in [-0.2, -0.15) is 0 Å². The second kappa shape index (κ2) is 5.98. The van der Waals surface area contributed by atoms with Gasteiger partial charge in [0.25, 0.3) is 0 Å². The maximum atomic E-state index is 11.2. The maximum Gasteiger partial charge on any atom is 0.325 e. The Morgan fingerprint density at radius 2 is 2.14 bits per heavy atom. The normalized spacial score (nSPS) is 17.2. The van der Waals surface area contributed by atoms with E-state index in [9.17, 15) is 4.79 Å². The van der Waals surface area contributed by atoms with E-state index in [0.717, 1.165) is 6.42 Å². The lowest BCUT2D eigenvalue weighted by Crippen LogP contribution is -2.48. The standard InChI is InChI=1S/C10H21NO3/c1-5-6-14-8(2)7-10(3,11)9(12)13-4/h8H,5-7,11H2,1-4H3. The molecule has 0 radical (unpaired) electrons. The van der Waals surface area contributed by atoms with E-state index in [1.807, 2.05) is 13.8 Å². The fourth-order valence-electron chi connectivity index (χ4n) is 1.29. The predicted molar refractivity (Wildman–Crippen MR) is 54.9 cm³/mol. The highest BCUT2D eigenvalue weighted by atomic mass is 16.5. The molecular weight excluding hydrogens is 182 g/mol. The van der Waals surface area contributed by atoms with Crippen LogP contribution in [-0.2, 0) is 14.3 Å². The summed E-state index contributed by atoms with van der Waals surface area (Å²) in [5.74, 6) is -0.399. The summed E-state index contributed by atoms with van der Waals surface area (Å²) in [6, 6.07) is 0. The second-order valence-electron chi connectivity index (χ2n) is 3.79. The van der Waals surface area contributed by atoms with Gasteiger partial charge in [0.2, 0.25) is 0 Å². The van der Waals surface area contributed by atoms with Crippen LogP contribution in [0.5, 0.6) is 0 Å². The van der Waals surface area contributed by atoms with Crippen molar-refractivity contribution in [2.75, 3.05) is 13.7 Å². The summed E-state index contributed by atoms with van der Waals surface area (Å²) in [6.45, 7) is 6.29. The van der Waals surface area contributed by atoms with E-state index in [4.69, 9.17) is 10.5 Å². The largest absolute Gasteiger partial charge is 0.468 e. The van der Waals surface area contributed by atoms with Crippen LogP contribution in [0.25, 0.3) is 0 Å². The van der Waals surface area contributed by atoms with E-state index in [-0.39, 0.29) is 6.10 Å². The molecule has 0 aliphatic carbocycles. The number of rotatable bonds is 6. The molecule has 0 heterocycles. The minimum absolute atomic E-state index is 0.0240. The smallest absolute Gasteiger partial charge is 0.325 e. The van der Waals surface area contributed by atoms with Crippen molar-refractivity contribution in [1.82, 2.24) is 0 Å². The quantitative estimate of drug-likeness (QED) is 0.656. The zero-order valence-electron chi connectivity index (χ0n) is 9.50. The van der Waals surface area contributed by atoms with E-state index < -0.39 is 11.5 Å². The number of esters is 1. The third-order valence-electron chi connectivity index (χ3n) is 1.97. The molecule has 84 valence electrons. The number of hydrogen-bond donors (Lipinski definition) is 1. The third-order valence-corrected chi connectivity index (χ3v) is 1.97. The van der Waals surface area contributed by atoms with E-state index in [2.05, 4.69) is 4.74 Å². The van der Waals surface area contributed by atoms with Gasteiger partial charge in [-0.3, -0.25) is 4.79 Å². The summed E-state index contributed by atoms with van der Waals surface area (Å²) < 4.78 is 10.0. The number of carbonyl (C=O) groups excluding carboxylic acids is 1. The Morgan fingerprint density at radius 1 is 1.57 bits per heavy atom. The summed E-state index contributed by atoms with van der Waals surface area (Å²) >= 11 is 0. The predicted octanol–water partition coefficient (Wildman–Crippen LogP) is 1.08. The monoisotopic (exact) mass is 203 g/mol. The highest BCUT2D eigenvalue weighted by Crippen LogP contribution is 2.13. The van der Waals surface area contributed by atoms with Crippen LogP contribution in [0.3, 0.4) is 0 Å².